The number of fused-ring (bicyclic) bond motifs is 1. The van der Waals surface area contributed by atoms with Crippen LogP contribution in [-0.4, -0.2) is 25.4 Å². The van der Waals surface area contributed by atoms with Crippen LogP contribution < -0.4 is 0 Å². The molecule has 0 aliphatic heterocycles. The standard InChI is InChI=1S/C21H19N3O2/c1-3-24-18-7-5-4-6-16(18)23-21(24)17-11-14(12-22-17)20(26)15-10-13(2)8-9-19(15)25/h4-12,22,25H,3H2,1-2H3. The minimum atomic E-state index is -0.215. The second-order valence-corrected chi connectivity index (χ2v) is 6.32. The Morgan fingerprint density at radius 1 is 1.19 bits per heavy atom. The van der Waals surface area contributed by atoms with Crippen LogP contribution in [0, 0.1) is 6.92 Å². The number of H-pyrrole nitrogens is 1. The molecule has 0 amide bonds. The lowest BCUT2D eigenvalue weighted by Crippen LogP contribution is -2.01. The fourth-order valence-electron chi connectivity index (χ4n) is 3.24. The van der Waals surface area contributed by atoms with Crippen molar-refractivity contribution in [1.29, 1.82) is 0 Å². The average molecular weight is 345 g/mol. The smallest absolute Gasteiger partial charge is 0.198 e. The molecular weight excluding hydrogens is 326 g/mol. The van der Waals surface area contributed by atoms with E-state index in [0.717, 1.165) is 34.7 Å². The minimum Gasteiger partial charge on any atom is -0.507 e. The first kappa shape index (κ1) is 16.1. The highest BCUT2D eigenvalue weighted by atomic mass is 16.3. The lowest BCUT2D eigenvalue weighted by Gasteiger charge is -2.04. The summed E-state index contributed by atoms with van der Waals surface area (Å²) in [6.45, 7) is 4.73. The third-order valence-corrected chi connectivity index (χ3v) is 4.55. The first-order valence-electron chi connectivity index (χ1n) is 8.57. The zero-order valence-electron chi connectivity index (χ0n) is 14.7. The van der Waals surface area contributed by atoms with Crippen molar-refractivity contribution in [3.63, 3.8) is 0 Å². The summed E-state index contributed by atoms with van der Waals surface area (Å²) in [6, 6.07) is 14.8. The number of carbonyl (C=O) groups is 1. The lowest BCUT2D eigenvalue weighted by molar-refractivity contribution is 0.103. The van der Waals surface area contributed by atoms with Gasteiger partial charge in [-0.15, -0.1) is 0 Å². The van der Waals surface area contributed by atoms with Gasteiger partial charge in [0.25, 0.3) is 0 Å². The lowest BCUT2D eigenvalue weighted by atomic mass is 10.0. The molecule has 0 saturated heterocycles. The van der Waals surface area contributed by atoms with Crippen molar-refractivity contribution in [2.75, 3.05) is 0 Å². The molecule has 4 rings (SSSR count). The molecular formula is C21H19N3O2. The highest BCUT2D eigenvalue weighted by molar-refractivity contribution is 6.11. The molecule has 5 heteroatoms. The first-order valence-corrected chi connectivity index (χ1v) is 8.57. The number of aryl methyl sites for hydroxylation is 2. The number of nitrogens with zero attached hydrogens (tertiary/aromatic N) is 2. The monoisotopic (exact) mass is 345 g/mol. The minimum absolute atomic E-state index is 0.0100. The topological polar surface area (TPSA) is 70.9 Å². The maximum Gasteiger partial charge on any atom is 0.198 e. The number of carbonyl (C=O) groups excluding carboxylic acids is 1. The Labute approximate surface area is 150 Å². The summed E-state index contributed by atoms with van der Waals surface area (Å²) in [7, 11) is 0. The van der Waals surface area contributed by atoms with E-state index in [-0.39, 0.29) is 11.5 Å². The molecule has 0 bridgehead atoms. The molecule has 5 nitrogen and oxygen atoms in total. The van der Waals surface area contributed by atoms with Crippen molar-refractivity contribution in [2.45, 2.75) is 20.4 Å². The van der Waals surface area contributed by atoms with Crippen LogP contribution in [-0.2, 0) is 6.54 Å². The number of rotatable bonds is 4. The number of aromatic nitrogens is 3. The van der Waals surface area contributed by atoms with Gasteiger partial charge in [-0.3, -0.25) is 4.79 Å². The summed E-state index contributed by atoms with van der Waals surface area (Å²) >= 11 is 0. The summed E-state index contributed by atoms with van der Waals surface area (Å²) < 4.78 is 2.11. The highest BCUT2D eigenvalue weighted by Crippen LogP contribution is 2.27. The molecule has 0 aliphatic carbocycles. The Morgan fingerprint density at radius 3 is 2.81 bits per heavy atom. The molecule has 2 heterocycles. The van der Waals surface area contributed by atoms with Crippen LogP contribution in [0.25, 0.3) is 22.6 Å². The number of ketones is 1. The van der Waals surface area contributed by atoms with Crippen molar-refractivity contribution in [3.8, 4) is 17.3 Å². The molecule has 0 aliphatic rings. The van der Waals surface area contributed by atoms with Crippen LogP contribution >= 0.6 is 0 Å². The normalized spacial score (nSPS) is 11.2. The second kappa shape index (κ2) is 6.19. The number of phenolic OH excluding ortho intramolecular Hbond substituents is 1. The van der Waals surface area contributed by atoms with Gasteiger partial charge >= 0.3 is 0 Å². The SMILES string of the molecule is CCn1c(-c2cc(C(=O)c3cc(C)ccc3O)c[nH]2)nc2ccccc21. The Hall–Kier alpha value is -3.34. The molecule has 0 spiro atoms. The van der Waals surface area contributed by atoms with E-state index in [0.29, 0.717) is 11.1 Å². The summed E-state index contributed by atoms with van der Waals surface area (Å²) in [6.07, 6.45) is 1.67. The van der Waals surface area contributed by atoms with Gasteiger partial charge in [0, 0.05) is 18.3 Å². The van der Waals surface area contributed by atoms with Crippen LogP contribution in [0.4, 0.5) is 0 Å². The average Bonchev–Trinajstić information content (AvgIpc) is 3.27. The predicted molar refractivity (Wildman–Crippen MR) is 101 cm³/mol. The van der Waals surface area contributed by atoms with Crippen LogP contribution in [0.3, 0.4) is 0 Å². The Morgan fingerprint density at radius 2 is 2.00 bits per heavy atom. The van der Waals surface area contributed by atoms with Crippen molar-refractivity contribution < 1.29 is 9.90 Å². The molecule has 0 atom stereocenters. The number of imidazole rings is 1. The Balaban J connectivity index is 1.77. The first-order chi connectivity index (χ1) is 12.6. The summed E-state index contributed by atoms with van der Waals surface area (Å²) in [5.41, 5.74) is 4.48. The van der Waals surface area contributed by atoms with Gasteiger partial charge in [0.1, 0.15) is 5.75 Å². The zero-order valence-corrected chi connectivity index (χ0v) is 14.7. The molecule has 0 fully saturated rings. The molecule has 130 valence electrons. The van der Waals surface area contributed by atoms with Gasteiger partial charge in [0.2, 0.25) is 0 Å². The number of benzene rings is 2. The fourth-order valence-corrected chi connectivity index (χ4v) is 3.24. The molecule has 0 radical (unpaired) electrons. The van der Waals surface area contributed by atoms with Gasteiger partial charge in [0.15, 0.2) is 11.6 Å². The third kappa shape index (κ3) is 2.58. The summed E-state index contributed by atoms with van der Waals surface area (Å²) in [5, 5.41) is 10.0. The molecule has 0 unspecified atom stereocenters. The van der Waals surface area contributed by atoms with Crippen LogP contribution in [0.15, 0.2) is 54.7 Å². The predicted octanol–water partition coefficient (Wildman–Crippen LogP) is 4.30. The largest absolute Gasteiger partial charge is 0.507 e. The van der Waals surface area contributed by atoms with E-state index in [4.69, 9.17) is 4.98 Å². The molecule has 4 aromatic rings. The quantitative estimate of drug-likeness (QED) is 0.542. The number of hydrogen-bond acceptors (Lipinski definition) is 3. The Bertz CT molecular complexity index is 1120. The van der Waals surface area contributed by atoms with E-state index in [1.807, 2.05) is 31.2 Å². The van der Waals surface area contributed by atoms with E-state index >= 15 is 0 Å². The van der Waals surface area contributed by atoms with Crippen molar-refractivity contribution >= 4 is 16.8 Å². The van der Waals surface area contributed by atoms with Crippen LogP contribution in [0.2, 0.25) is 0 Å². The zero-order chi connectivity index (χ0) is 18.3. The maximum atomic E-state index is 12.8. The Kier molecular flexibility index (Phi) is 3.84. The fraction of sp³-hybridized carbons (Fsp3) is 0.143. The van der Waals surface area contributed by atoms with Gasteiger partial charge in [-0.25, -0.2) is 4.98 Å². The maximum absolute atomic E-state index is 12.8. The van der Waals surface area contributed by atoms with Gasteiger partial charge in [-0.05, 0) is 44.2 Å². The van der Waals surface area contributed by atoms with Gasteiger partial charge < -0.3 is 14.7 Å². The van der Waals surface area contributed by atoms with Crippen molar-refractivity contribution in [2.24, 2.45) is 0 Å². The number of phenols is 1. The van der Waals surface area contributed by atoms with Crippen LogP contribution in [0.1, 0.15) is 28.4 Å². The number of aromatic amines is 1. The van der Waals surface area contributed by atoms with E-state index in [1.54, 1.807) is 30.5 Å². The number of aromatic hydroxyl groups is 1. The van der Waals surface area contributed by atoms with Gasteiger partial charge in [-0.2, -0.15) is 0 Å². The van der Waals surface area contributed by atoms with Crippen LogP contribution in [0.5, 0.6) is 5.75 Å². The van der Waals surface area contributed by atoms with E-state index in [2.05, 4.69) is 16.5 Å². The number of hydrogen-bond donors (Lipinski definition) is 2. The van der Waals surface area contributed by atoms with Gasteiger partial charge in [-0.1, -0.05) is 23.8 Å². The third-order valence-electron chi connectivity index (χ3n) is 4.55. The number of para-hydroxylation sites is 2. The highest BCUT2D eigenvalue weighted by Gasteiger charge is 2.18. The molecule has 2 aromatic carbocycles. The molecule has 26 heavy (non-hydrogen) atoms. The number of nitrogens with one attached hydrogen (secondary N) is 1. The van der Waals surface area contributed by atoms with E-state index in [1.165, 1.54) is 0 Å². The molecule has 0 saturated carbocycles. The second-order valence-electron chi connectivity index (χ2n) is 6.32. The molecule has 2 N–H and O–H groups in total. The van der Waals surface area contributed by atoms with E-state index in [9.17, 15) is 9.90 Å². The van der Waals surface area contributed by atoms with Crippen molar-refractivity contribution in [3.05, 3.63) is 71.4 Å². The summed E-state index contributed by atoms with van der Waals surface area (Å²) in [4.78, 5) is 20.6. The summed E-state index contributed by atoms with van der Waals surface area (Å²) in [5.74, 6) is 0.568. The molecule has 2 aromatic heterocycles. The van der Waals surface area contributed by atoms with Crippen molar-refractivity contribution in [1.82, 2.24) is 14.5 Å². The van der Waals surface area contributed by atoms with E-state index < -0.39 is 0 Å². The van der Waals surface area contributed by atoms with Gasteiger partial charge in [0.05, 0.1) is 22.3 Å².